The zero-order valence-electron chi connectivity index (χ0n) is 52.9. The van der Waals surface area contributed by atoms with Crippen molar-refractivity contribution in [1.29, 1.82) is 0 Å². The summed E-state index contributed by atoms with van der Waals surface area (Å²) in [5.41, 5.74) is 29.2. The van der Waals surface area contributed by atoms with Crippen molar-refractivity contribution in [3.05, 3.63) is 171 Å². The molecule has 0 saturated heterocycles. The van der Waals surface area contributed by atoms with E-state index >= 15 is 0 Å². The molecule has 7 aromatic carbocycles. The van der Waals surface area contributed by atoms with E-state index in [0.717, 1.165) is 12.8 Å². The summed E-state index contributed by atoms with van der Waals surface area (Å²) >= 11 is 0. The van der Waals surface area contributed by atoms with Crippen LogP contribution in [-0.2, 0) is 48.7 Å². The van der Waals surface area contributed by atoms with Crippen LogP contribution in [-0.4, -0.2) is 6.71 Å². The van der Waals surface area contributed by atoms with E-state index < -0.39 is 0 Å². The fourth-order valence-corrected chi connectivity index (χ4v) is 15.1. The van der Waals surface area contributed by atoms with Crippen molar-refractivity contribution in [2.75, 3.05) is 9.80 Å². The van der Waals surface area contributed by atoms with Gasteiger partial charge in [-0.3, -0.25) is 0 Å². The van der Waals surface area contributed by atoms with Crippen molar-refractivity contribution in [1.82, 2.24) is 0 Å². The van der Waals surface area contributed by atoms with Crippen LogP contribution in [0, 0.1) is 0 Å². The van der Waals surface area contributed by atoms with Gasteiger partial charge >= 0.3 is 0 Å². The molecule has 0 aromatic heterocycles. The second-order valence-electron chi connectivity index (χ2n) is 32.7. The molecule has 3 heteroatoms. The summed E-state index contributed by atoms with van der Waals surface area (Å²) in [7, 11) is 0. The molecule has 0 amide bonds. The van der Waals surface area contributed by atoms with Gasteiger partial charge in [-0.25, -0.2) is 0 Å². The SMILES string of the molecule is CC(C)(C)c1ccc(N2c3ccc(C(C)(C)C)cc3B3c4cc(C(C)(C)C)ccc4N(c4c(-c5ccc6c(c5)C(C)(C)CC6(C)C)cc(C(C)(C)C)cc4-c4ccc5c(c4)C(C)(C)CC5(C)C)c4cc(C(C)(C)C)cc2c43)cc1. The summed E-state index contributed by atoms with van der Waals surface area (Å²) < 4.78 is 0. The van der Waals surface area contributed by atoms with Gasteiger partial charge in [-0.1, -0.05) is 232 Å². The number of fused-ring (bicyclic) bond motifs is 6. The number of benzene rings is 7. The Balaban J connectivity index is 1.34. The first-order valence-electron chi connectivity index (χ1n) is 30.0. The van der Waals surface area contributed by atoms with Crippen LogP contribution >= 0.6 is 0 Å². The van der Waals surface area contributed by atoms with Crippen molar-refractivity contribution < 1.29 is 0 Å². The zero-order chi connectivity index (χ0) is 57.5. The third kappa shape index (κ3) is 9.06. The first-order chi connectivity index (χ1) is 36.3. The Hall–Kier alpha value is -5.80. The van der Waals surface area contributed by atoms with Crippen LogP contribution < -0.4 is 26.2 Å². The summed E-state index contributed by atoms with van der Waals surface area (Å²) in [5, 5.41) is 0. The Bertz CT molecular complexity index is 3530. The van der Waals surface area contributed by atoms with E-state index in [4.69, 9.17) is 0 Å². The normalized spacial score (nSPS) is 17.8. The molecule has 0 unspecified atom stereocenters. The monoisotopic (exact) mass is 1040 g/mol. The topological polar surface area (TPSA) is 6.48 Å². The third-order valence-corrected chi connectivity index (χ3v) is 19.2. The van der Waals surface area contributed by atoms with Gasteiger partial charge in [-0.05, 0) is 188 Å². The summed E-state index contributed by atoms with van der Waals surface area (Å²) in [5.74, 6) is 0. The minimum absolute atomic E-state index is 0.0261. The van der Waals surface area contributed by atoms with Gasteiger partial charge < -0.3 is 9.80 Å². The minimum Gasteiger partial charge on any atom is -0.311 e. The van der Waals surface area contributed by atoms with Gasteiger partial charge in [-0.2, -0.15) is 0 Å². The van der Waals surface area contributed by atoms with Gasteiger partial charge in [0.15, 0.2) is 0 Å². The van der Waals surface area contributed by atoms with Gasteiger partial charge in [0.05, 0.1) is 5.69 Å². The van der Waals surface area contributed by atoms with Crippen LogP contribution in [0.1, 0.15) is 222 Å². The van der Waals surface area contributed by atoms with Crippen LogP contribution in [0.5, 0.6) is 0 Å². The van der Waals surface area contributed by atoms with E-state index in [1.165, 1.54) is 123 Å². The predicted octanol–water partition coefficient (Wildman–Crippen LogP) is 19.5. The maximum Gasteiger partial charge on any atom is 0.252 e. The molecule has 11 rings (SSSR count). The molecule has 0 radical (unpaired) electrons. The number of hydrogen-bond donors (Lipinski definition) is 0. The molecule has 0 atom stereocenters. The zero-order valence-corrected chi connectivity index (χ0v) is 52.9. The summed E-state index contributed by atoms with van der Waals surface area (Å²) in [4.78, 5) is 5.42. The van der Waals surface area contributed by atoms with Crippen molar-refractivity contribution in [3.63, 3.8) is 0 Å². The van der Waals surface area contributed by atoms with Gasteiger partial charge in [0.2, 0.25) is 0 Å². The number of nitrogens with zero attached hydrogens (tertiary/aromatic N) is 2. The van der Waals surface area contributed by atoms with Gasteiger partial charge in [-0.15, -0.1) is 0 Å². The summed E-state index contributed by atoms with van der Waals surface area (Å²) in [6.45, 7) is 55.3. The molecule has 2 nitrogen and oxygen atoms in total. The average Bonchev–Trinajstić information content (AvgIpc) is 3.70. The highest BCUT2D eigenvalue weighted by molar-refractivity contribution is 7.00. The lowest BCUT2D eigenvalue weighted by Gasteiger charge is -2.46. The maximum absolute atomic E-state index is 2.79. The lowest BCUT2D eigenvalue weighted by atomic mass is 9.33. The van der Waals surface area contributed by atoms with Crippen LogP contribution in [0.3, 0.4) is 0 Å². The molecule has 0 fully saturated rings. The fourth-order valence-electron chi connectivity index (χ4n) is 15.1. The van der Waals surface area contributed by atoms with E-state index in [0.29, 0.717) is 0 Å². The maximum atomic E-state index is 2.79. The van der Waals surface area contributed by atoms with Crippen LogP contribution in [0.25, 0.3) is 22.3 Å². The minimum atomic E-state index is -0.167. The fraction of sp³-hybridized carbons (Fsp3) is 0.447. The van der Waals surface area contributed by atoms with Crippen molar-refractivity contribution in [2.45, 2.75) is 221 Å². The lowest BCUT2D eigenvalue weighted by Crippen LogP contribution is -2.62. The highest BCUT2D eigenvalue weighted by Crippen LogP contribution is 2.57. The molecule has 0 saturated carbocycles. The molecule has 7 aromatic rings. The Kier molecular flexibility index (Phi) is 12.1. The number of rotatable bonds is 4. The quantitative estimate of drug-likeness (QED) is 0.162. The molecule has 0 N–H and O–H groups in total. The van der Waals surface area contributed by atoms with E-state index in [2.05, 4.69) is 290 Å². The first kappa shape index (κ1) is 55.1. The van der Waals surface area contributed by atoms with E-state index in [1.807, 2.05) is 0 Å². The molecule has 2 heterocycles. The highest BCUT2D eigenvalue weighted by Gasteiger charge is 2.48. The Morgan fingerprint density at radius 2 is 0.684 bits per heavy atom. The van der Waals surface area contributed by atoms with Crippen LogP contribution in [0.2, 0.25) is 0 Å². The summed E-state index contributed by atoms with van der Waals surface area (Å²) in [6, 6.07) is 50.1. The highest BCUT2D eigenvalue weighted by atomic mass is 15.2. The Labute approximate surface area is 479 Å². The van der Waals surface area contributed by atoms with Crippen molar-refractivity contribution in [2.24, 2.45) is 0 Å². The van der Waals surface area contributed by atoms with E-state index in [9.17, 15) is 0 Å². The van der Waals surface area contributed by atoms with Gasteiger partial charge in [0, 0.05) is 39.6 Å². The average molecular weight is 1050 g/mol. The summed E-state index contributed by atoms with van der Waals surface area (Å²) in [6.07, 6.45) is 2.24. The van der Waals surface area contributed by atoms with Crippen molar-refractivity contribution >= 4 is 57.2 Å². The number of hydrogen-bond acceptors (Lipinski definition) is 2. The molecular formula is C76H93BN2. The van der Waals surface area contributed by atoms with Crippen LogP contribution in [0.15, 0.2) is 121 Å². The predicted molar refractivity (Wildman–Crippen MR) is 346 cm³/mol. The standard InChI is InChI=1S/C76H93BN2/c1-68(2,3)48-26-30-53(31-27-48)78-62-34-28-49(69(4,5)6)40-60(62)77-61-41-50(70(7,8)9)29-35-63(61)79(65-43-52(72(13,14)15)42-64(78)66(65)77)67-54(46-24-32-56-58(36-46)75(20,21)44-73(56,16)17)38-51(71(10,11)12)39-55(67)47-25-33-57-59(37-47)76(22,23)45-74(57,18)19/h24-43H,44-45H2,1-23H3. The third-order valence-electron chi connectivity index (χ3n) is 19.2. The molecule has 2 aliphatic heterocycles. The number of anilines is 6. The lowest BCUT2D eigenvalue weighted by molar-refractivity contribution is 0.402. The molecule has 79 heavy (non-hydrogen) atoms. The second-order valence-corrected chi connectivity index (χ2v) is 32.7. The molecule has 0 bridgehead atoms. The van der Waals surface area contributed by atoms with E-state index in [-0.39, 0.29) is 55.4 Å². The van der Waals surface area contributed by atoms with Gasteiger partial charge in [0.25, 0.3) is 6.71 Å². The molecule has 2 aliphatic carbocycles. The largest absolute Gasteiger partial charge is 0.311 e. The Morgan fingerprint density at radius 1 is 0.329 bits per heavy atom. The van der Waals surface area contributed by atoms with Gasteiger partial charge in [0.1, 0.15) is 0 Å². The van der Waals surface area contributed by atoms with E-state index in [1.54, 1.807) is 0 Å². The Morgan fingerprint density at radius 3 is 1.09 bits per heavy atom. The smallest absolute Gasteiger partial charge is 0.252 e. The first-order valence-corrected chi connectivity index (χ1v) is 30.0. The second kappa shape index (κ2) is 17.4. The van der Waals surface area contributed by atoms with Crippen LogP contribution in [0.4, 0.5) is 34.1 Å². The van der Waals surface area contributed by atoms with Crippen molar-refractivity contribution in [3.8, 4) is 22.3 Å². The molecule has 410 valence electrons. The molecular weight excluding hydrogens is 952 g/mol. The molecule has 4 aliphatic rings. The molecule has 0 spiro atoms.